The number of nitrogens with one attached hydrogen (secondary N) is 2. The number of benzene rings is 2. The first-order valence-corrected chi connectivity index (χ1v) is 10.7. The fourth-order valence-corrected chi connectivity index (χ4v) is 3.45. The Bertz CT molecular complexity index is 945. The molecule has 2 aromatic rings. The van der Waals surface area contributed by atoms with Crippen molar-refractivity contribution in [3.8, 4) is 5.75 Å². The summed E-state index contributed by atoms with van der Waals surface area (Å²) in [4.78, 5) is 11.2. The van der Waals surface area contributed by atoms with Crippen molar-refractivity contribution in [2.45, 2.75) is 30.8 Å². The van der Waals surface area contributed by atoms with Gasteiger partial charge >= 0.3 is 6.18 Å². The highest BCUT2D eigenvalue weighted by Crippen LogP contribution is 2.30. The highest BCUT2D eigenvalue weighted by atomic mass is 32.2. The van der Waals surface area contributed by atoms with Gasteiger partial charge in [0.05, 0.1) is 23.6 Å². The number of rotatable bonds is 10. The minimum Gasteiger partial charge on any atom is -0.494 e. The Morgan fingerprint density at radius 2 is 1.77 bits per heavy atom. The zero-order chi connectivity index (χ0) is 22.2. The van der Waals surface area contributed by atoms with Crippen LogP contribution in [0.3, 0.4) is 0 Å². The molecule has 164 valence electrons. The van der Waals surface area contributed by atoms with Crippen LogP contribution in [0, 0.1) is 6.92 Å². The van der Waals surface area contributed by atoms with E-state index in [-0.39, 0.29) is 0 Å². The molecule has 0 saturated carbocycles. The predicted molar refractivity (Wildman–Crippen MR) is 106 cm³/mol. The molecule has 0 fully saturated rings. The quantitative estimate of drug-likeness (QED) is 0.551. The molecule has 30 heavy (non-hydrogen) atoms. The standard InChI is InChI=1S/C20H23F3N2O4S/c1-15-7-9-17(10-8-15)29-12-3-2-11-24-19(26)14-25-30(27,28)18-6-4-5-16(13-18)20(21,22)23/h4-10,13,25H,2-3,11-12,14H2,1H3,(H,24,26). The molecule has 0 unspecified atom stereocenters. The lowest BCUT2D eigenvalue weighted by atomic mass is 10.2. The molecule has 6 nitrogen and oxygen atoms in total. The van der Waals surface area contributed by atoms with Gasteiger partial charge in [0.25, 0.3) is 0 Å². The third kappa shape index (κ3) is 7.68. The predicted octanol–water partition coefficient (Wildman–Crippen LogP) is 3.27. The molecule has 0 radical (unpaired) electrons. The summed E-state index contributed by atoms with van der Waals surface area (Å²) in [5.41, 5.74) is 0.0522. The van der Waals surface area contributed by atoms with Gasteiger partial charge in [-0.05, 0) is 50.1 Å². The van der Waals surface area contributed by atoms with Gasteiger partial charge in [-0.1, -0.05) is 23.8 Å². The van der Waals surface area contributed by atoms with Gasteiger partial charge in [0.2, 0.25) is 15.9 Å². The summed E-state index contributed by atoms with van der Waals surface area (Å²) in [6.07, 6.45) is -3.35. The molecule has 1 amide bonds. The van der Waals surface area contributed by atoms with E-state index in [1.165, 1.54) is 0 Å². The molecular formula is C20H23F3N2O4S. The summed E-state index contributed by atoms with van der Waals surface area (Å²) >= 11 is 0. The molecule has 0 aliphatic heterocycles. The number of carbonyl (C=O) groups excluding carboxylic acids is 1. The molecule has 0 aliphatic rings. The van der Waals surface area contributed by atoms with Gasteiger partial charge in [-0.3, -0.25) is 4.79 Å². The van der Waals surface area contributed by atoms with Gasteiger partial charge in [-0.15, -0.1) is 0 Å². The number of hydrogen-bond donors (Lipinski definition) is 2. The maximum absolute atomic E-state index is 12.7. The topological polar surface area (TPSA) is 84.5 Å². The van der Waals surface area contributed by atoms with Crippen molar-refractivity contribution in [2.24, 2.45) is 0 Å². The van der Waals surface area contributed by atoms with E-state index in [9.17, 15) is 26.4 Å². The molecule has 0 bridgehead atoms. The first kappa shape index (κ1) is 23.7. The summed E-state index contributed by atoms with van der Waals surface area (Å²) in [5, 5.41) is 2.55. The Hall–Kier alpha value is -2.59. The molecule has 10 heteroatoms. The Balaban J connectivity index is 1.69. The van der Waals surface area contributed by atoms with Gasteiger partial charge in [0.1, 0.15) is 5.75 Å². The fourth-order valence-electron chi connectivity index (χ4n) is 2.43. The number of alkyl halides is 3. The third-order valence-corrected chi connectivity index (χ3v) is 5.48. The molecule has 2 N–H and O–H groups in total. The van der Waals surface area contributed by atoms with Crippen molar-refractivity contribution in [1.29, 1.82) is 0 Å². The average Bonchev–Trinajstić information content (AvgIpc) is 2.70. The van der Waals surface area contributed by atoms with Crippen LogP contribution in [-0.2, 0) is 21.0 Å². The number of halogens is 3. The first-order chi connectivity index (χ1) is 14.1. The van der Waals surface area contributed by atoms with Gasteiger partial charge in [0.15, 0.2) is 0 Å². The van der Waals surface area contributed by atoms with Crippen molar-refractivity contribution in [2.75, 3.05) is 19.7 Å². The van der Waals surface area contributed by atoms with Crippen LogP contribution >= 0.6 is 0 Å². The van der Waals surface area contributed by atoms with E-state index in [2.05, 4.69) is 5.32 Å². The Morgan fingerprint density at radius 3 is 2.43 bits per heavy atom. The molecule has 0 saturated heterocycles. The van der Waals surface area contributed by atoms with E-state index in [4.69, 9.17) is 4.74 Å². The Labute approximate surface area is 173 Å². The molecule has 2 rings (SSSR count). The highest BCUT2D eigenvalue weighted by Gasteiger charge is 2.31. The van der Waals surface area contributed by atoms with Crippen LogP contribution in [0.5, 0.6) is 5.75 Å². The summed E-state index contributed by atoms with van der Waals surface area (Å²) in [7, 11) is -4.24. The lowest BCUT2D eigenvalue weighted by Crippen LogP contribution is -2.37. The van der Waals surface area contributed by atoms with E-state index in [1.807, 2.05) is 35.9 Å². The van der Waals surface area contributed by atoms with Crippen molar-refractivity contribution in [1.82, 2.24) is 10.0 Å². The maximum atomic E-state index is 12.7. The Kier molecular flexibility index (Phi) is 8.24. The second-order valence-corrected chi connectivity index (χ2v) is 8.34. The molecule has 0 spiro atoms. The highest BCUT2D eigenvalue weighted by molar-refractivity contribution is 7.89. The number of hydrogen-bond acceptors (Lipinski definition) is 4. The van der Waals surface area contributed by atoms with Crippen LogP contribution in [0.4, 0.5) is 13.2 Å². The minimum absolute atomic E-state index is 0.321. The minimum atomic E-state index is -4.66. The summed E-state index contributed by atoms with van der Waals surface area (Å²) in [5.74, 6) is 0.179. The molecule has 0 aromatic heterocycles. The maximum Gasteiger partial charge on any atom is 0.416 e. The van der Waals surface area contributed by atoms with E-state index < -0.39 is 39.1 Å². The van der Waals surface area contributed by atoms with Crippen LogP contribution < -0.4 is 14.8 Å². The first-order valence-electron chi connectivity index (χ1n) is 9.21. The van der Waals surface area contributed by atoms with Crippen LogP contribution in [0.2, 0.25) is 0 Å². The van der Waals surface area contributed by atoms with Gasteiger partial charge in [-0.2, -0.15) is 13.2 Å². The molecule has 0 aliphatic carbocycles. The van der Waals surface area contributed by atoms with Gasteiger partial charge < -0.3 is 10.1 Å². The summed E-state index contributed by atoms with van der Waals surface area (Å²) in [6, 6.07) is 10.9. The van der Waals surface area contributed by atoms with Gasteiger partial charge in [0, 0.05) is 6.54 Å². The molecule has 2 aromatic carbocycles. The monoisotopic (exact) mass is 444 g/mol. The summed E-state index contributed by atoms with van der Waals surface area (Å²) in [6.45, 7) is 2.20. The summed E-state index contributed by atoms with van der Waals surface area (Å²) < 4.78 is 69.9. The second kappa shape index (κ2) is 10.4. The molecular weight excluding hydrogens is 421 g/mol. The third-order valence-electron chi connectivity index (χ3n) is 4.08. The Morgan fingerprint density at radius 1 is 1.07 bits per heavy atom. The van der Waals surface area contributed by atoms with E-state index in [1.54, 1.807) is 0 Å². The van der Waals surface area contributed by atoms with E-state index in [0.717, 1.165) is 29.5 Å². The second-order valence-electron chi connectivity index (χ2n) is 6.57. The fraction of sp³-hybridized carbons (Fsp3) is 0.350. The molecule has 0 atom stereocenters. The normalized spacial score (nSPS) is 11.9. The number of ether oxygens (including phenoxy) is 1. The lowest BCUT2D eigenvalue weighted by molar-refractivity contribution is -0.137. The van der Waals surface area contributed by atoms with Crippen molar-refractivity contribution in [3.05, 3.63) is 59.7 Å². The molecule has 0 heterocycles. The largest absolute Gasteiger partial charge is 0.494 e. The van der Waals surface area contributed by atoms with E-state index in [0.29, 0.717) is 32.1 Å². The van der Waals surface area contributed by atoms with Crippen LogP contribution in [0.15, 0.2) is 53.4 Å². The van der Waals surface area contributed by atoms with Crippen LogP contribution in [0.25, 0.3) is 0 Å². The zero-order valence-electron chi connectivity index (χ0n) is 16.3. The van der Waals surface area contributed by atoms with E-state index >= 15 is 0 Å². The SMILES string of the molecule is Cc1ccc(OCCCCNC(=O)CNS(=O)(=O)c2cccc(C(F)(F)F)c2)cc1. The van der Waals surface area contributed by atoms with Crippen molar-refractivity contribution in [3.63, 3.8) is 0 Å². The average molecular weight is 444 g/mol. The van der Waals surface area contributed by atoms with Gasteiger partial charge in [-0.25, -0.2) is 13.1 Å². The number of unbranched alkanes of at least 4 members (excludes halogenated alkanes) is 1. The number of sulfonamides is 1. The number of carbonyl (C=O) groups is 1. The smallest absolute Gasteiger partial charge is 0.416 e. The van der Waals surface area contributed by atoms with Crippen molar-refractivity contribution >= 4 is 15.9 Å². The van der Waals surface area contributed by atoms with Crippen LogP contribution in [0.1, 0.15) is 24.0 Å². The van der Waals surface area contributed by atoms with Crippen LogP contribution in [-0.4, -0.2) is 34.0 Å². The number of amides is 1. The number of aryl methyl sites for hydroxylation is 1. The lowest BCUT2D eigenvalue weighted by Gasteiger charge is -2.11. The van der Waals surface area contributed by atoms with Crippen molar-refractivity contribution < 1.29 is 31.1 Å². The zero-order valence-corrected chi connectivity index (χ0v) is 17.1.